The van der Waals surface area contributed by atoms with Gasteiger partial charge in [0.15, 0.2) is 0 Å². The number of anilines is 1. The Morgan fingerprint density at radius 3 is 2.57 bits per heavy atom. The molecular weight excluding hydrogens is 288 g/mol. The molecule has 0 spiro atoms. The van der Waals surface area contributed by atoms with E-state index in [1.165, 1.54) is 19.3 Å². The van der Waals surface area contributed by atoms with Gasteiger partial charge in [-0.2, -0.15) is 15.0 Å². The minimum absolute atomic E-state index is 0.217. The van der Waals surface area contributed by atoms with Crippen LogP contribution >= 0.6 is 11.6 Å². The maximum atomic E-state index is 6.06. The Kier molecular flexibility index (Phi) is 3.80. The Morgan fingerprint density at radius 2 is 1.95 bits per heavy atom. The Morgan fingerprint density at radius 1 is 1.19 bits per heavy atom. The zero-order valence-electron chi connectivity index (χ0n) is 12.3. The average Bonchev–Trinajstić information content (AvgIpc) is 3.17. The van der Waals surface area contributed by atoms with Gasteiger partial charge in [-0.3, -0.25) is 4.57 Å². The van der Waals surface area contributed by atoms with E-state index in [0.29, 0.717) is 17.3 Å². The molecule has 0 radical (unpaired) electrons. The topological polar surface area (TPSA) is 59.7 Å². The largest absolute Gasteiger partial charge is 0.340 e. The molecule has 0 atom stereocenters. The second kappa shape index (κ2) is 5.60. The highest BCUT2D eigenvalue weighted by Crippen LogP contribution is 2.38. The molecule has 7 heteroatoms. The van der Waals surface area contributed by atoms with Crippen molar-refractivity contribution in [2.24, 2.45) is 5.41 Å². The molecule has 21 heavy (non-hydrogen) atoms. The van der Waals surface area contributed by atoms with E-state index < -0.39 is 0 Å². The first kappa shape index (κ1) is 14.3. The SMILES string of the molecule is CCC1(CC)CCN(c2nc(Cl)nc(-n3ccnc3)n2)C1. The van der Waals surface area contributed by atoms with Crippen LogP contribution in [0.4, 0.5) is 5.95 Å². The van der Waals surface area contributed by atoms with Gasteiger partial charge in [0.05, 0.1) is 0 Å². The average molecular weight is 307 g/mol. The van der Waals surface area contributed by atoms with Crippen LogP contribution in [-0.2, 0) is 0 Å². The van der Waals surface area contributed by atoms with Gasteiger partial charge in [0.2, 0.25) is 17.2 Å². The maximum absolute atomic E-state index is 6.06. The van der Waals surface area contributed by atoms with E-state index in [-0.39, 0.29) is 5.28 Å². The summed E-state index contributed by atoms with van der Waals surface area (Å²) in [6.07, 6.45) is 8.65. The number of nitrogens with zero attached hydrogens (tertiary/aromatic N) is 6. The lowest BCUT2D eigenvalue weighted by Crippen LogP contribution is -2.28. The van der Waals surface area contributed by atoms with Gasteiger partial charge in [-0.1, -0.05) is 13.8 Å². The maximum Gasteiger partial charge on any atom is 0.241 e. The number of aromatic nitrogens is 5. The van der Waals surface area contributed by atoms with Gasteiger partial charge in [-0.15, -0.1) is 0 Å². The van der Waals surface area contributed by atoms with Crippen molar-refractivity contribution in [3.05, 3.63) is 24.0 Å². The van der Waals surface area contributed by atoms with Crippen LogP contribution in [0.25, 0.3) is 5.95 Å². The zero-order chi connectivity index (χ0) is 14.9. The van der Waals surface area contributed by atoms with E-state index in [1.807, 2.05) is 0 Å². The molecule has 3 heterocycles. The summed E-state index contributed by atoms with van der Waals surface area (Å²) in [6, 6.07) is 0. The molecule has 2 aromatic rings. The molecule has 0 aromatic carbocycles. The van der Waals surface area contributed by atoms with E-state index in [9.17, 15) is 0 Å². The van der Waals surface area contributed by atoms with Crippen LogP contribution in [0.3, 0.4) is 0 Å². The lowest BCUT2D eigenvalue weighted by molar-refractivity contribution is 0.301. The van der Waals surface area contributed by atoms with Gasteiger partial charge in [0, 0.05) is 25.5 Å². The molecule has 0 aliphatic carbocycles. The smallest absolute Gasteiger partial charge is 0.241 e. The molecule has 1 aliphatic rings. The molecule has 0 amide bonds. The van der Waals surface area contributed by atoms with Crippen LogP contribution in [0.2, 0.25) is 5.28 Å². The van der Waals surface area contributed by atoms with Crippen molar-refractivity contribution in [2.45, 2.75) is 33.1 Å². The van der Waals surface area contributed by atoms with Gasteiger partial charge < -0.3 is 4.90 Å². The summed E-state index contributed by atoms with van der Waals surface area (Å²) < 4.78 is 1.74. The molecule has 0 N–H and O–H groups in total. The van der Waals surface area contributed by atoms with Crippen LogP contribution in [-0.4, -0.2) is 37.6 Å². The lowest BCUT2D eigenvalue weighted by Gasteiger charge is -2.26. The summed E-state index contributed by atoms with van der Waals surface area (Å²) in [5.74, 6) is 1.16. The highest BCUT2D eigenvalue weighted by atomic mass is 35.5. The van der Waals surface area contributed by atoms with Crippen molar-refractivity contribution in [3.8, 4) is 5.95 Å². The van der Waals surface area contributed by atoms with Gasteiger partial charge in [0.1, 0.15) is 6.33 Å². The van der Waals surface area contributed by atoms with E-state index >= 15 is 0 Å². The van der Waals surface area contributed by atoms with E-state index in [4.69, 9.17) is 11.6 Å². The molecule has 112 valence electrons. The van der Waals surface area contributed by atoms with Gasteiger partial charge in [-0.05, 0) is 36.3 Å². The number of hydrogen-bond donors (Lipinski definition) is 0. The number of rotatable bonds is 4. The van der Waals surface area contributed by atoms with Gasteiger partial charge in [0.25, 0.3) is 0 Å². The fourth-order valence-electron chi connectivity index (χ4n) is 2.90. The number of hydrogen-bond acceptors (Lipinski definition) is 5. The first-order valence-corrected chi connectivity index (χ1v) is 7.68. The predicted octanol–water partition coefficient (Wildman–Crippen LogP) is 2.73. The first-order valence-electron chi connectivity index (χ1n) is 7.30. The quantitative estimate of drug-likeness (QED) is 0.869. The molecule has 0 unspecified atom stereocenters. The molecule has 0 bridgehead atoms. The van der Waals surface area contributed by atoms with Gasteiger partial charge in [-0.25, -0.2) is 4.98 Å². The molecule has 1 aliphatic heterocycles. The van der Waals surface area contributed by atoms with Gasteiger partial charge >= 0.3 is 0 Å². The molecule has 2 aromatic heterocycles. The normalized spacial score (nSPS) is 17.4. The predicted molar refractivity (Wildman–Crippen MR) is 81.8 cm³/mol. The summed E-state index contributed by atoms with van der Waals surface area (Å²) in [5, 5.41) is 0.217. The molecule has 3 rings (SSSR count). The number of imidazole rings is 1. The Hall–Kier alpha value is -1.69. The van der Waals surface area contributed by atoms with Crippen LogP contribution < -0.4 is 4.90 Å². The second-order valence-electron chi connectivity index (χ2n) is 5.55. The standard InChI is InChI=1S/C14H19ClN6/c1-3-14(4-2)5-7-20(9-14)12-17-11(15)18-13(19-12)21-8-6-16-10-21/h6,8,10H,3-5,7,9H2,1-2H3. The second-order valence-corrected chi connectivity index (χ2v) is 5.89. The van der Waals surface area contributed by atoms with Crippen LogP contribution in [0.1, 0.15) is 33.1 Å². The highest BCUT2D eigenvalue weighted by molar-refractivity contribution is 6.28. The third-order valence-electron chi connectivity index (χ3n) is 4.54. The molecular formula is C14H19ClN6. The fourth-order valence-corrected chi connectivity index (χ4v) is 3.05. The summed E-state index contributed by atoms with van der Waals surface area (Å²) in [5.41, 5.74) is 0.369. The van der Waals surface area contributed by atoms with Crippen molar-refractivity contribution in [3.63, 3.8) is 0 Å². The Bertz CT molecular complexity index is 608. The fraction of sp³-hybridized carbons (Fsp3) is 0.571. The zero-order valence-corrected chi connectivity index (χ0v) is 13.1. The van der Waals surface area contributed by atoms with E-state index in [1.54, 1.807) is 23.3 Å². The van der Waals surface area contributed by atoms with Crippen molar-refractivity contribution in [1.29, 1.82) is 0 Å². The van der Waals surface area contributed by atoms with E-state index in [0.717, 1.165) is 13.1 Å². The molecule has 6 nitrogen and oxygen atoms in total. The molecule has 1 fully saturated rings. The first-order chi connectivity index (χ1) is 10.2. The minimum atomic E-state index is 0.217. The summed E-state index contributed by atoms with van der Waals surface area (Å²) >= 11 is 6.06. The van der Waals surface area contributed by atoms with Crippen molar-refractivity contribution < 1.29 is 0 Å². The Balaban J connectivity index is 1.90. The van der Waals surface area contributed by atoms with Crippen molar-refractivity contribution in [1.82, 2.24) is 24.5 Å². The third kappa shape index (κ3) is 2.72. The van der Waals surface area contributed by atoms with E-state index in [2.05, 4.69) is 38.7 Å². The minimum Gasteiger partial charge on any atom is -0.340 e. The highest BCUT2D eigenvalue weighted by Gasteiger charge is 2.36. The van der Waals surface area contributed by atoms with Crippen LogP contribution in [0.15, 0.2) is 18.7 Å². The molecule has 1 saturated heterocycles. The Labute approximate surface area is 129 Å². The third-order valence-corrected chi connectivity index (χ3v) is 4.71. The summed E-state index contributed by atoms with van der Waals surface area (Å²) in [6.45, 7) is 6.45. The van der Waals surface area contributed by atoms with Crippen LogP contribution in [0, 0.1) is 5.41 Å². The number of halogens is 1. The lowest BCUT2D eigenvalue weighted by atomic mass is 9.82. The summed E-state index contributed by atoms with van der Waals surface area (Å²) in [7, 11) is 0. The van der Waals surface area contributed by atoms with Crippen LogP contribution in [0.5, 0.6) is 0 Å². The van der Waals surface area contributed by atoms with Crippen molar-refractivity contribution >= 4 is 17.5 Å². The monoisotopic (exact) mass is 306 g/mol. The molecule has 0 saturated carbocycles. The van der Waals surface area contributed by atoms with Crippen molar-refractivity contribution in [2.75, 3.05) is 18.0 Å². The summed E-state index contributed by atoms with van der Waals surface area (Å²) in [4.78, 5) is 19.2.